The number of esters is 3. The number of carbonyl (C=O) groups excluding carboxylic acids is 12. The van der Waals surface area contributed by atoms with Crippen molar-refractivity contribution in [3.05, 3.63) is 38.0 Å². The summed E-state index contributed by atoms with van der Waals surface area (Å²) in [4.78, 5) is 211. The first-order chi connectivity index (χ1) is 41.0. The van der Waals surface area contributed by atoms with Crippen LogP contribution in [0, 0.1) is 0 Å². The topological polar surface area (TPSA) is 541 Å². The maximum atomic E-state index is 13.1. The van der Waals surface area contributed by atoms with Crippen molar-refractivity contribution in [2.45, 2.75) is 171 Å². The number of nitrogens with one attached hydrogen (secondary N) is 8. The molecule has 0 radical (unpaired) electrons. The van der Waals surface area contributed by atoms with Crippen molar-refractivity contribution >= 4 is 101 Å². The Hall–Kier alpha value is -9.79. The van der Waals surface area contributed by atoms with Gasteiger partial charge in [-0.2, -0.15) is 0 Å². The van der Waals surface area contributed by atoms with E-state index in [1.54, 1.807) is 6.92 Å². The highest BCUT2D eigenvalue weighted by Crippen LogP contribution is 2.11. The molecule has 0 aromatic rings. The smallest absolute Gasteiger partial charge is 0.328 e. The Morgan fingerprint density at radius 2 is 0.494 bits per heavy atom. The molecule has 484 valence electrons. The van der Waals surface area contributed by atoms with Crippen LogP contribution in [-0.4, -0.2) is 195 Å². The predicted octanol–water partition coefficient (Wildman–Crippen LogP) is -3.00. The molecule has 0 aromatic carbocycles. The van der Waals surface area contributed by atoms with Crippen LogP contribution in [0.25, 0.3) is 0 Å². The highest BCUT2D eigenvalue weighted by Gasteiger charge is 2.31. The van der Waals surface area contributed by atoms with Crippen LogP contribution in [0.1, 0.15) is 122 Å². The standard InChI is InChI=1S/C53H77N9O25/c1-5-9-38(64)55-29(46(72)73)13-21-44(70)61-35(52(83)86-27-7-3)16-24-41(67)58-31(48(76)77)12-20-40(66)57-33(50(80)81)15-23-45(71)62-36(53(84)87-28-8-4)17-25-42(68)59-30(47(74)75)11-19-39(65)56-32(49(78)79)14-22-43(69)60-34(10-18-37(54)63)51(82)85-26-6-2/h6-8,29-36H,2-5,9-28H2,1H3,(H2,54,63)(H,55,64)(H,56,65)(H,57,66)(H,58,67)(H,59,68)(H,60,69)(H,61,70)(H,62,71)(H,72,73)(H,74,75)(H,76,77)(H,78,79)(H,80,81). The first-order valence-electron chi connectivity index (χ1n) is 27.1. The average Bonchev–Trinajstić information content (AvgIpc) is 3.67. The Balaban J connectivity index is 5.58. The highest BCUT2D eigenvalue weighted by molar-refractivity contribution is 5.91. The van der Waals surface area contributed by atoms with Gasteiger partial charge in [-0.15, -0.1) is 0 Å². The van der Waals surface area contributed by atoms with Gasteiger partial charge in [0.1, 0.15) is 68.2 Å². The third-order valence-corrected chi connectivity index (χ3v) is 11.8. The molecule has 0 heterocycles. The summed E-state index contributed by atoms with van der Waals surface area (Å²) < 4.78 is 14.8. The number of amides is 9. The van der Waals surface area contributed by atoms with E-state index < -0.39 is 233 Å². The van der Waals surface area contributed by atoms with E-state index in [1.165, 1.54) is 12.2 Å². The summed E-state index contributed by atoms with van der Waals surface area (Å²) in [6.45, 7) is 11.0. The molecule has 0 spiro atoms. The van der Waals surface area contributed by atoms with E-state index in [0.717, 1.165) is 6.08 Å². The fourth-order valence-electron chi connectivity index (χ4n) is 7.33. The van der Waals surface area contributed by atoms with E-state index in [9.17, 15) is 107 Å². The molecule has 87 heavy (non-hydrogen) atoms. The number of hydrogen-bond donors (Lipinski definition) is 14. The Bertz CT molecular complexity index is 2500. The third kappa shape index (κ3) is 35.2. The van der Waals surface area contributed by atoms with Crippen molar-refractivity contribution in [1.29, 1.82) is 0 Å². The molecular formula is C53H77N9O25. The van der Waals surface area contributed by atoms with Crippen LogP contribution in [0.2, 0.25) is 0 Å². The van der Waals surface area contributed by atoms with Gasteiger partial charge in [-0.25, -0.2) is 38.4 Å². The number of carboxylic acids is 5. The summed E-state index contributed by atoms with van der Waals surface area (Å²) in [6.07, 6.45) is -4.64. The van der Waals surface area contributed by atoms with Crippen LogP contribution < -0.4 is 48.3 Å². The number of primary amides is 1. The molecule has 8 atom stereocenters. The second-order valence-electron chi connectivity index (χ2n) is 18.9. The molecule has 0 saturated heterocycles. The quantitative estimate of drug-likeness (QED) is 0.0164. The van der Waals surface area contributed by atoms with Crippen molar-refractivity contribution in [3.63, 3.8) is 0 Å². The molecule has 0 saturated carbocycles. The van der Waals surface area contributed by atoms with Gasteiger partial charge in [0.05, 0.1) is 0 Å². The van der Waals surface area contributed by atoms with E-state index >= 15 is 0 Å². The maximum absolute atomic E-state index is 13.1. The Labute approximate surface area is 497 Å². The van der Waals surface area contributed by atoms with E-state index in [1.807, 2.05) is 0 Å². The zero-order chi connectivity index (χ0) is 66.2. The predicted molar refractivity (Wildman–Crippen MR) is 295 cm³/mol. The minimum atomic E-state index is -1.79. The maximum Gasteiger partial charge on any atom is 0.328 e. The molecule has 0 aromatic heterocycles. The molecule has 0 aliphatic carbocycles. The first-order valence-corrected chi connectivity index (χ1v) is 27.1. The van der Waals surface area contributed by atoms with Gasteiger partial charge in [0.15, 0.2) is 0 Å². The molecule has 0 aliphatic heterocycles. The van der Waals surface area contributed by atoms with Crippen LogP contribution in [-0.2, 0) is 95.7 Å². The molecule has 9 amide bonds. The van der Waals surface area contributed by atoms with E-state index in [2.05, 4.69) is 62.3 Å². The Morgan fingerprint density at radius 1 is 0.322 bits per heavy atom. The minimum absolute atomic E-state index is 0.0341. The molecule has 0 fully saturated rings. The average molecular weight is 1240 g/mol. The summed E-state index contributed by atoms with van der Waals surface area (Å²) >= 11 is 0. The van der Waals surface area contributed by atoms with Gasteiger partial charge in [-0.1, -0.05) is 44.9 Å². The fraction of sp³-hybridized carbons (Fsp3) is 0.566. The van der Waals surface area contributed by atoms with E-state index in [0.29, 0.717) is 6.42 Å². The van der Waals surface area contributed by atoms with Crippen LogP contribution in [0.5, 0.6) is 0 Å². The zero-order valence-corrected chi connectivity index (χ0v) is 47.8. The molecule has 15 N–H and O–H groups in total. The first kappa shape index (κ1) is 77.2. The lowest BCUT2D eigenvalue weighted by Crippen LogP contribution is -2.46. The van der Waals surface area contributed by atoms with Crippen molar-refractivity contribution in [2.75, 3.05) is 19.8 Å². The molecule has 8 unspecified atom stereocenters. The van der Waals surface area contributed by atoms with Gasteiger partial charge in [-0.3, -0.25) is 43.2 Å². The van der Waals surface area contributed by atoms with Crippen LogP contribution in [0.15, 0.2) is 38.0 Å². The minimum Gasteiger partial charge on any atom is -0.480 e. The van der Waals surface area contributed by atoms with Gasteiger partial charge in [0.25, 0.3) is 0 Å². The second-order valence-corrected chi connectivity index (χ2v) is 18.9. The number of rotatable bonds is 48. The normalized spacial score (nSPS) is 13.3. The molecule has 34 nitrogen and oxygen atoms in total. The molecule has 0 rings (SSSR count). The SMILES string of the molecule is C=CCOC(=O)C(CCC(N)=O)NC(=O)CCC(NC(=O)CCC(NC(=O)CCC(NC(=O)CCC(NC(=O)CCC(NC(=O)CCC(NC(=O)CCC(NC(=O)CCC)C(=O)O)C(=O)OCC=C)C(=O)O)C(=O)O)C(=O)OCC=C)C(=O)O)C(=O)O. The van der Waals surface area contributed by atoms with Crippen molar-refractivity contribution in [1.82, 2.24) is 42.5 Å². The Kier molecular flexibility index (Phi) is 38.1. The lowest BCUT2D eigenvalue weighted by molar-refractivity contribution is -0.148. The summed E-state index contributed by atoms with van der Waals surface area (Å²) in [5, 5.41) is 66.1. The number of aliphatic carboxylic acids is 5. The van der Waals surface area contributed by atoms with Crippen molar-refractivity contribution in [2.24, 2.45) is 5.73 Å². The number of ether oxygens (including phenoxy) is 3. The third-order valence-electron chi connectivity index (χ3n) is 11.8. The highest BCUT2D eigenvalue weighted by atomic mass is 16.5. The number of nitrogens with two attached hydrogens (primary N) is 1. The van der Waals surface area contributed by atoms with E-state index in [4.69, 9.17) is 19.9 Å². The summed E-state index contributed by atoms with van der Waals surface area (Å²) in [7, 11) is 0. The lowest BCUT2D eigenvalue weighted by Gasteiger charge is -2.20. The van der Waals surface area contributed by atoms with Gasteiger partial charge in [0.2, 0.25) is 53.2 Å². The summed E-state index contributed by atoms with van der Waals surface area (Å²) in [5.41, 5.74) is 5.12. The van der Waals surface area contributed by atoms with Gasteiger partial charge in [0, 0.05) is 57.8 Å². The fourth-order valence-corrected chi connectivity index (χ4v) is 7.33. The van der Waals surface area contributed by atoms with Gasteiger partial charge in [-0.05, 0) is 57.8 Å². The molecule has 0 aliphatic rings. The monoisotopic (exact) mass is 1240 g/mol. The lowest BCUT2D eigenvalue weighted by atomic mass is 10.1. The summed E-state index contributed by atoms with van der Waals surface area (Å²) in [6, 6.07) is -12.9. The van der Waals surface area contributed by atoms with Crippen LogP contribution in [0.3, 0.4) is 0 Å². The van der Waals surface area contributed by atoms with Crippen LogP contribution >= 0.6 is 0 Å². The van der Waals surface area contributed by atoms with E-state index in [-0.39, 0.29) is 45.5 Å². The van der Waals surface area contributed by atoms with Crippen LogP contribution in [0.4, 0.5) is 0 Å². The largest absolute Gasteiger partial charge is 0.480 e. The number of carbonyl (C=O) groups is 17. The summed E-state index contributed by atoms with van der Waals surface area (Å²) in [5.74, 6) is -19.2. The van der Waals surface area contributed by atoms with Gasteiger partial charge >= 0.3 is 47.8 Å². The molecule has 34 heteroatoms. The molecular weight excluding hydrogens is 1160 g/mol. The zero-order valence-electron chi connectivity index (χ0n) is 47.8. The second kappa shape index (κ2) is 42.9. The Morgan fingerprint density at radius 3 is 0.667 bits per heavy atom. The molecule has 0 bridgehead atoms. The van der Waals surface area contributed by atoms with Gasteiger partial charge < -0.3 is 88.0 Å². The van der Waals surface area contributed by atoms with Crippen molar-refractivity contribution < 1.29 is 121 Å². The van der Waals surface area contributed by atoms with Crippen molar-refractivity contribution in [3.8, 4) is 0 Å². The number of carboxylic acid groups (broad SMARTS) is 5. The number of hydrogen-bond acceptors (Lipinski definition) is 20.